The molecule has 0 unspecified atom stereocenters. The maximum atomic E-state index is 15.0. The van der Waals surface area contributed by atoms with Gasteiger partial charge in [0.2, 0.25) is 5.91 Å². The Bertz CT molecular complexity index is 1850. The number of likely N-dealkylation sites (N-methyl/N-ethyl adjacent to an activating group) is 1. The fraction of sp³-hybridized carbons (Fsp3) is 0.500. The second-order valence-electron chi connectivity index (χ2n) is 14.8. The number of terminal acetylenes is 1. The van der Waals surface area contributed by atoms with Gasteiger partial charge in [0.1, 0.15) is 30.2 Å². The molecule has 1 amide bonds. The minimum absolute atomic E-state index is 0.112. The van der Waals surface area contributed by atoms with Gasteiger partial charge in [0.25, 0.3) is 0 Å². The van der Waals surface area contributed by atoms with Crippen LogP contribution in [0, 0.1) is 18.2 Å². The predicted molar refractivity (Wildman–Crippen MR) is 194 cm³/mol. The molecule has 10 nitrogen and oxygen atoms in total. The molecule has 1 N–H and O–H groups in total. The summed E-state index contributed by atoms with van der Waals surface area (Å²) in [4.78, 5) is 33.3. The minimum Gasteiger partial charge on any atom is -0.493 e. The van der Waals surface area contributed by atoms with Crippen LogP contribution in [-0.2, 0) is 24.3 Å². The molecule has 1 saturated heterocycles. The van der Waals surface area contributed by atoms with Gasteiger partial charge in [-0.3, -0.25) is 19.6 Å². The van der Waals surface area contributed by atoms with Gasteiger partial charge in [0.15, 0.2) is 0 Å². The molecule has 0 radical (unpaired) electrons. The van der Waals surface area contributed by atoms with Crippen LogP contribution in [0.3, 0.4) is 0 Å². The fourth-order valence-electron chi connectivity index (χ4n) is 8.60. The van der Waals surface area contributed by atoms with Crippen molar-refractivity contribution in [3.05, 3.63) is 83.1 Å². The number of pyridine rings is 1. The van der Waals surface area contributed by atoms with E-state index in [0.717, 1.165) is 42.6 Å². The van der Waals surface area contributed by atoms with Crippen molar-refractivity contribution in [2.24, 2.45) is 0 Å². The largest absolute Gasteiger partial charge is 0.493 e. The fourth-order valence-corrected chi connectivity index (χ4v) is 8.60. The van der Waals surface area contributed by atoms with E-state index in [1.165, 1.54) is 12.1 Å². The summed E-state index contributed by atoms with van der Waals surface area (Å²) < 4.78 is 42.2. The Labute approximate surface area is 304 Å². The van der Waals surface area contributed by atoms with Crippen molar-refractivity contribution in [3.63, 3.8) is 0 Å². The summed E-state index contributed by atoms with van der Waals surface area (Å²) in [5.74, 6) is 3.28. The highest BCUT2D eigenvalue weighted by Crippen LogP contribution is 2.42. The summed E-state index contributed by atoms with van der Waals surface area (Å²) in [7, 11) is 1.84. The number of hydrogen-bond donors (Lipinski definition) is 1. The Morgan fingerprint density at radius 1 is 1.27 bits per heavy atom. The zero-order valence-corrected chi connectivity index (χ0v) is 30.0. The summed E-state index contributed by atoms with van der Waals surface area (Å²) in [5.41, 5.74) is 2.57. The highest BCUT2D eigenvalue weighted by molar-refractivity contribution is 5.87. The summed E-state index contributed by atoms with van der Waals surface area (Å²) in [5, 5.41) is 3.62. The van der Waals surface area contributed by atoms with Gasteiger partial charge >= 0.3 is 6.01 Å². The molecule has 2 aromatic heterocycles. The first kappa shape index (κ1) is 35.8. The van der Waals surface area contributed by atoms with Crippen LogP contribution in [-0.4, -0.2) is 92.7 Å². The van der Waals surface area contributed by atoms with E-state index in [9.17, 15) is 13.6 Å². The van der Waals surface area contributed by atoms with Crippen molar-refractivity contribution in [1.82, 2.24) is 29.7 Å². The molecule has 7 rings (SSSR count). The molecular weight excluding hydrogens is 664 g/mol. The van der Waals surface area contributed by atoms with Crippen molar-refractivity contribution in [1.29, 1.82) is 0 Å². The standard InChI is InChI=1S/C40H47F2N7O3/c1-5-29-31(42)12-13-34-36(29)33(15-20-51-34)48-19-14-30-32(24-48)45-38(46-37(30)44-25-40(16-8-9-17-40)47(4)35(50)6-2)52-26-39(3)21-27(41)22-49(39)23-28-11-7-10-18-43-28/h1,6-7,10-13,18,27,33H,2,8-9,14-17,19-26H2,3-4H3,(H,44,45,46)/t27-,33+,39+/m1/s1. The van der Waals surface area contributed by atoms with Gasteiger partial charge in [0.05, 0.1) is 34.6 Å². The van der Waals surface area contributed by atoms with Gasteiger partial charge in [-0.2, -0.15) is 9.97 Å². The van der Waals surface area contributed by atoms with Crippen LogP contribution < -0.4 is 14.8 Å². The number of nitrogens with zero attached hydrogens (tertiary/aromatic N) is 6. The second-order valence-corrected chi connectivity index (χ2v) is 14.8. The number of halogens is 2. The Balaban J connectivity index is 1.19. The Hall–Kier alpha value is -4.60. The summed E-state index contributed by atoms with van der Waals surface area (Å²) in [6.07, 6.45) is 13.3. The van der Waals surface area contributed by atoms with Crippen LogP contribution in [0.4, 0.5) is 14.6 Å². The first-order chi connectivity index (χ1) is 25.1. The second kappa shape index (κ2) is 14.8. The van der Waals surface area contributed by atoms with Crippen LogP contribution in [0.15, 0.2) is 49.2 Å². The molecule has 52 heavy (non-hydrogen) atoms. The average Bonchev–Trinajstić information content (AvgIpc) is 3.76. The maximum absolute atomic E-state index is 15.0. The van der Waals surface area contributed by atoms with Crippen molar-refractivity contribution in [2.75, 3.05) is 45.2 Å². The van der Waals surface area contributed by atoms with E-state index in [2.05, 4.69) is 32.6 Å². The van der Waals surface area contributed by atoms with Crippen molar-refractivity contribution < 1.29 is 23.0 Å². The Kier molecular flexibility index (Phi) is 10.2. The molecule has 1 aliphatic carbocycles. The van der Waals surface area contributed by atoms with E-state index < -0.39 is 17.5 Å². The molecule has 0 bridgehead atoms. The molecular formula is C40H47F2N7O3. The van der Waals surface area contributed by atoms with Gasteiger partial charge in [-0.15, -0.1) is 6.42 Å². The Morgan fingerprint density at radius 3 is 2.85 bits per heavy atom. The normalized spacial score (nSPS) is 23.9. The lowest BCUT2D eigenvalue weighted by atomic mass is 9.91. The number of carbonyl (C=O) groups excluding carboxylic acids is 1. The number of nitrogens with one attached hydrogen (secondary N) is 1. The summed E-state index contributed by atoms with van der Waals surface area (Å²) in [6, 6.07) is 8.80. The molecule has 2 fully saturated rings. The number of likely N-dealkylation sites (tertiary alicyclic amines) is 1. The number of rotatable bonds is 11. The zero-order chi connectivity index (χ0) is 36.5. The molecule has 0 spiro atoms. The van der Waals surface area contributed by atoms with Gasteiger partial charge in [-0.05, 0) is 56.5 Å². The number of amides is 1. The van der Waals surface area contributed by atoms with Crippen LogP contribution in [0.2, 0.25) is 0 Å². The number of alkyl halides is 1. The highest BCUT2D eigenvalue weighted by Gasteiger charge is 2.44. The van der Waals surface area contributed by atoms with E-state index in [1.807, 2.05) is 37.1 Å². The van der Waals surface area contributed by atoms with Crippen molar-refractivity contribution >= 4 is 11.7 Å². The van der Waals surface area contributed by atoms with Crippen molar-refractivity contribution in [2.45, 2.75) is 88.3 Å². The number of fused-ring (bicyclic) bond motifs is 2. The zero-order valence-electron chi connectivity index (χ0n) is 30.0. The van der Waals surface area contributed by atoms with E-state index in [1.54, 1.807) is 12.3 Å². The molecule has 12 heteroatoms. The van der Waals surface area contributed by atoms with E-state index in [0.29, 0.717) is 69.2 Å². The molecule has 4 aliphatic rings. The topological polar surface area (TPSA) is 96.0 Å². The van der Waals surface area contributed by atoms with Crippen molar-refractivity contribution in [3.8, 4) is 24.1 Å². The summed E-state index contributed by atoms with van der Waals surface area (Å²) in [6.45, 7) is 8.83. The van der Waals surface area contributed by atoms with E-state index >= 15 is 0 Å². The molecule has 5 heterocycles. The average molecular weight is 712 g/mol. The molecule has 1 aromatic carbocycles. The Morgan fingerprint density at radius 2 is 2.10 bits per heavy atom. The molecule has 3 atom stereocenters. The molecule has 274 valence electrons. The quantitative estimate of drug-likeness (QED) is 0.201. The first-order valence-corrected chi connectivity index (χ1v) is 18.2. The lowest BCUT2D eigenvalue weighted by Gasteiger charge is -2.40. The summed E-state index contributed by atoms with van der Waals surface area (Å²) >= 11 is 0. The highest BCUT2D eigenvalue weighted by atomic mass is 19.1. The molecule has 3 aliphatic heterocycles. The third kappa shape index (κ3) is 6.96. The number of ether oxygens (including phenoxy) is 2. The SMILES string of the molecule is C#Cc1c(F)ccc2c1[C@@H](N1CCc3c(nc(OC[C@]4(C)C[C@@H](F)CN4Cc4ccccn4)nc3NCC3(N(C)C(=O)C=C)CCCC3)C1)CCO2. The number of aromatic nitrogens is 3. The minimum atomic E-state index is -0.995. The predicted octanol–water partition coefficient (Wildman–Crippen LogP) is 5.62. The van der Waals surface area contributed by atoms with Gasteiger partial charge in [-0.1, -0.05) is 31.4 Å². The number of anilines is 1. The monoisotopic (exact) mass is 711 g/mol. The van der Waals surface area contributed by atoms with Crippen LogP contribution in [0.5, 0.6) is 11.8 Å². The van der Waals surface area contributed by atoms with E-state index in [4.69, 9.17) is 25.9 Å². The maximum Gasteiger partial charge on any atom is 0.318 e. The third-order valence-corrected chi connectivity index (χ3v) is 11.6. The van der Waals surface area contributed by atoms with E-state index in [-0.39, 0.29) is 42.2 Å². The number of carbonyl (C=O) groups is 1. The third-order valence-electron chi connectivity index (χ3n) is 11.6. The number of benzene rings is 1. The molecule has 3 aromatic rings. The lowest BCUT2D eigenvalue weighted by Crippen LogP contribution is -2.51. The van der Waals surface area contributed by atoms with Crippen LogP contribution in [0.25, 0.3) is 0 Å². The van der Waals surface area contributed by atoms with Crippen LogP contribution in [0.1, 0.15) is 79.6 Å². The van der Waals surface area contributed by atoms with Crippen LogP contribution >= 0.6 is 0 Å². The van der Waals surface area contributed by atoms with Gasteiger partial charge in [-0.25, -0.2) is 8.78 Å². The smallest absolute Gasteiger partial charge is 0.318 e. The lowest BCUT2D eigenvalue weighted by molar-refractivity contribution is -0.129. The first-order valence-electron chi connectivity index (χ1n) is 18.2. The number of hydrogen-bond acceptors (Lipinski definition) is 9. The van der Waals surface area contributed by atoms with Gasteiger partial charge < -0.3 is 19.7 Å². The van der Waals surface area contributed by atoms with Gasteiger partial charge in [0, 0.05) is 76.0 Å². The molecule has 1 saturated carbocycles.